The Hall–Kier alpha value is -2.86. The average Bonchev–Trinajstić information content (AvgIpc) is 3.43. The molecule has 29 heavy (non-hydrogen) atoms. The minimum Gasteiger partial charge on any atom is -0.497 e. The van der Waals surface area contributed by atoms with Crippen LogP contribution in [-0.2, 0) is 13.0 Å². The molecule has 4 rings (SSSR count). The van der Waals surface area contributed by atoms with Crippen molar-refractivity contribution in [2.45, 2.75) is 38.8 Å². The fraction of sp³-hybridized carbons (Fsp3) is 0.391. The van der Waals surface area contributed by atoms with Crippen LogP contribution in [0.5, 0.6) is 11.5 Å². The molecule has 3 aromatic rings. The molecule has 1 N–H and O–H groups in total. The molecule has 1 saturated heterocycles. The number of benzene rings is 2. The number of quaternary nitrogens is 1. The second-order valence-electron chi connectivity index (χ2n) is 7.45. The summed E-state index contributed by atoms with van der Waals surface area (Å²) in [5, 5.41) is 4.20. The number of hydrogen-bond acceptors (Lipinski definition) is 5. The lowest BCUT2D eigenvalue weighted by Gasteiger charge is -2.22. The first kappa shape index (κ1) is 19.5. The van der Waals surface area contributed by atoms with E-state index in [9.17, 15) is 0 Å². The van der Waals surface area contributed by atoms with Gasteiger partial charge in [0.15, 0.2) is 6.54 Å². The quantitative estimate of drug-likeness (QED) is 0.667. The van der Waals surface area contributed by atoms with Crippen molar-refractivity contribution >= 4 is 0 Å². The van der Waals surface area contributed by atoms with E-state index in [0.717, 1.165) is 42.9 Å². The lowest BCUT2D eigenvalue weighted by Crippen LogP contribution is -3.09. The van der Waals surface area contributed by atoms with Gasteiger partial charge in [0.05, 0.1) is 26.3 Å². The maximum atomic E-state index is 5.62. The van der Waals surface area contributed by atoms with Crippen molar-refractivity contribution < 1.29 is 18.9 Å². The number of rotatable bonds is 7. The van der Waals surface area contributed by atoms with Crippen LogP contribution in [0.1, 0.15) is 42.8 Å². The molecule has 152 valence electrons. The largest absolute Gasteiger partial charge is 0.497 e. The molecule has 2 atom stereocenters. The molecule has 2 aromatic carbocycles. The van der Waals surface area contributed by atoms with E-state index in [1.807, 2.05) is 12.1 Å². The zero-order valence-electron chi connectivity index (χ0n) is 17.3. The number of aromatic nitrogens is 2. The van der Waals surface area contributed by atoms with Gasteiger partial charge in [0, 0.05) is 18.4 Å². The normalized spacial score (nSPS) is 18.7. The van der Waals surface area contributed by atoms with Crippen molar-refractivity contribution in [3.8, 4) is 22.9 Å². The number of hydrogen-bond donors (Lipinski definition) is 1. The first-order valence-electron chi connectivity index (χ1n) is 10.2. The van der Waals surface area contributed by atoms with Crippen LogP contribution in [0.25, 0.3) is 11.4 Å². The highest BCUT2D eigenvalue weighted by Gasteiger charge is 2.34. The summed E-state index contributed by atoms with van der Waals surface area (Å²) in [6, 6.07) is 14.7. The molecule has 1 fully saturated rings. The van der Waals surface area contributed by atoms with E-state index in [1.165, 1.54) is 16.0 Å². The molecule has 0 radical (unpaired) electrons. The van der Waals surface area contributed by atoms with Gasteiger partial charge >= 0.3 is 0 Å². The van der Waals surface area contributed by atoms with Crippen LogP contribution in [0.4, 0.5) is 0 Å². The van der Waals surface area contributed by atoms with Gasteiger partial charge in [-0.2, -0.15) is 4.98 Å². The van der Waals surface area contributed by atoms with Crippen molar-refractivity contribution in [3.63, 3.8) is 0 Å². The second-order valence-corrected chi connectivity index (χ2v) is 7.45. The topological polar surface area (TPSA) is 61.8 Å². The molecule has 0 amide bonds. The molecule has 6 nitrogen and oxygen atoms in total. The summed E-state index contributed by atoms with van der Waals surface area (Å²) in [7, 11) is 3.41. The fourth-order valence-corrected chi connectivity index (χ4v) is 4.14. The third kappa shape index (κ3) is 4.12. The molecule has 2 heterocycles. The summed E-state index contributed by atoms with van der Waals surface area (Å²) in [4.78, 5) is 6.06. The van der Waals surface area contributed by atoms with E-state index in [2.05, 4.69) is 47.4 Å². The van der Waals surface area contributed by atoms with Gasteiger partial charge in [-0.3, -0.25) is 0 Å². The van der Waals surface area contributed by atoms with Crippen LogP contribution in [0.3, 0.4) is 0 Å². The van der Waals surface area contributed by atoms with Gasteiger partial charge in [0.1, 0.15) is 17.5 Å². The maximum absolute atomic E-state index is 5.62. The molecule has 1 unspecified atom stereocenters. The zero-order valence-corrected chi connectivity index (χ0v) is 17.3. The lowest BCUT2D eigenvalue weighted by atomic mass is 10.0. The SMILES string of the molecule is CCc1ccc(-c2noc(C[NH+]3CCC[C@@H]3c3cc(OC)ccc3OC)n2)cc1. The molecule has 0 saturated carbocycles. The first-order valence-corrected chi connectivity index (χ1v) is 10.2. The highest BCUT2D eigenvalue weighted by atomic mass is 16.5. The van der Waals surface area contributed by atoms with Crippen LogP contribution in [-0.4, -0.2) is 30.9 Å². The number of methoxy groups -OCH3 is 2. The number of ether oxygens (including phenoxy) is 2. The molecular formula is C23H28N3O3+. The Labute approximate surface area is 171 Å². The smallest absolute Gasteiger partial charge is 0.282 e. The highest BCUT2D eigenvalue weighted by Crippen LogP contribution is 2.32. The maximum Gasteiger partial charge on any atom is 0.282 e. The Balaban J connectivity index is 1.53. The van der Waals surface area contributed by atoms with Gasteiger partial charge in [-0.25, -0.2) is 0 Å². The van der Waals surface area contributed by atoms with Gasteiger partial charge in [-0.1, -0.05) is 36.3 Å². The number of nitrogens with zero attached hydrogens (tertiary/aromatic N) is 2. The summed E-state index contributed by atoms with van der Waals surface area (Å²) in [5.41, 5.74) is 3.46. The third-order valence-electron chi connectivity index (χ3n) is 5.76. The molecular weight excluding hydrogens is 366 g/mol. The average molecular weight is 394 g/mol. The summed E-state index contributed by atoms with van der Waals surface area (Å²) in [6.45, 7) is 3.91. The van der Waals surface area contributed by atoms with Crippen molar-refractivity contribution in [1.29, 1.82) is 0 Å². The van der Waals surface area contributed by atoms with Crippen LogP contribution in [0, 0.1) is 0 Å². The summed E-state index contributed by atoms with van der Waals surface area (Å²) in [6.07, 6.45) is 3.27. The third-order valence-corrected chi connectivity index (χ3v) is 5.76. The van der Waals surface area contributed by atoms with E-state index in [0.29, 0.717) is 24.3 Å². The molecule has 0 spiro atoms. The Morgan fingerprint density at radius 1 is 1.10 bits per heavy atom. The standard InChI is InChI=1S/C23H27N3O3/c1-4-16-7-9-17(10-8-16)23-24-22(29-25-23)15-26-13-5-6-20(26)19-14-18(27-2)11-12-21(19)28-3/h7-12,14,20H,4-6,13,15H2,1-3H3/p+1/t20-/m1/s1. The van der Waals surface area contributed by atoms with Gasteiger partial charge in [-0.05, 0) is 30.2 Å². The molecule has 0 bridgehead atoms. The number of nitrogens with one attached hydrogen (secondary N) is 1. The Bertz CT molecular complexity index is 952. The summed E-state index contributed by atoms with van der Waals surface area (Å²) >= 11 is 0. The minimum absolute atomic E-state index is 0.319. The van der Waals surface area contributed by atoms with E-state index in [4.69, 9.17) is 14.0 Å². The van der Waals surface area contributed by atoms with Crippen LogP contribution in [0.2, 0.25) is 0 Å². The number of aryl methyl sites for hydroxylation is 1. The van der Waals surface area contributed by atoms with Crippen molar-refractivity contribution in [2.24, 2.45) is 0 Å². The Morgan fingerprint density at radius 2 is 1.93 bits per heavy atom. The molecule has 0 aliphatic carbocycles. The molecule has 1 aromatic heterocycles. The highest BCUT2D eigenvalue weighted by molar-refractivity contribution is 5.54. The van der Waals surface area contributed by atoms with E-state index < -0.39 is 0 Å². The predicted octanol–water partition coefficient (Wildman–Crippen LogP) is 3.24. The van der Waals surface area contributed by atoms with Crippen molar-refractivity contribution in [3.05, 3.63) is 59.5 Å². The monoisotopic (exact) mass is 394 g/mol. The van der Waals surface area contributed by atoms with Crippen LogP contribution >= 0.6 is 0 Å². The van der Waals surface area contributed by atoms with Gasteiger partial charge in [-0.15, -0.1) is 0 Å². The van der Waals surface area contributed by atoms with Crippen LogP contribution < -0.4 is 14.4 Å². The molecule has 1 aliphatic heterocycles. The van der Waals surface area contributed by atoms with E-state index >= 15 is 0 Å². The second kappa shape index (κ2) is 8.66. The fourth-order valence-electron chi connectivity index (χ4n) is 4.14. The number of likely N-dealkylation sites (tertiary alicyclic amines) is 1. The van der Waals surface area contributed by atoms with Crippen molar-refractivity contribution in [1.82, 2.24) is 10.1 Å². The Morgan fingerprint density at radius 3 is 2.66 bits per heavy atom. The zero-order chi connectivity index (χ0) is 20.2. The van der Waals surface area contributed by atoms with Crippen LogP contribution in [0.15, 0.2) is 47.0 Å². The first-order chi connectivity index (χ1) is 14.2. The predicted molar refractivity (Wildman–Crippen MR) is 110 cm³/mol. The summed E-state index contributed by atoms with van der Waals surface area (Å²) < 4.78 is 16.6. The lowest BCUT2D eigenvalue weighted by molar-refractivity contribution is -0.933. The van der Waals surface area contributed by atoms with Crippen molar-refractivity contribution in [2.75, 3.05) is 20.8 Å². The van der Waals surface area contributed by atoms with E-state index in [1.54, 1.807) is 14.2 Å². The van der Waals surface area contributed by atoms with Gasteiger partial charge in [0.25, 0.3) is 5.89 Å². The Kier molecular flexibility index (Phi) is 5.81. The van der Waals surface area contributed by atoms with Gasteiger partial charge < -0.3 is 18.9 Å². The minimum atomic E-state index is 0.319. The van der Waals surface area contributed by atoms with Gasteiger partial charge in [0.2, 0.25) is 5.82 Å². The summed E-state index contributed by atoms with van der Waals surface area (Å²) in [5.74, 6) is 3.07. The molecule has 6 heteroatoms. The molecule has 1 aliphatic rings. The van der Waals surface area contributed by atoms with E-state index in [-0.39, 0.29) is 0 Å².